The Morgan fingerprint density at radius 1 is 1.17 bits per heavy atom. The van der Waals surface area contributed by atoms with Crippen molar-refractivity contribution in [2.75, 3.05) is 17.2 Å². The minimum absolute atomic E-state index is 0.0682. The molecule has 24 heavy (non-hydrogen) atoms. The van der Waals surface area contributed by atoms with Gasteiger partial charge >= 0.3 is 6.18 Å². The van der Waals surface area contributed by atoms with Gasteiger partial charge in [0.2, 0.25) is 0 Å². The summed E-state index contributed by atoms with van der Waals surface area (Å²) in [7, 11) is 0. The molecule has 0 saturated carbocycles. The monoisotopic (exact) mass is 337 g/mol. The number of halogens is 3. The maximum Gasteiger partial charge on any atom is 0.416 e. The Morgan fingerprint density at radius 3 is 2.50 bits per heavy atom. The van der Waals surface area contributed by atoms with Gasteiger partial charge in [-0.15, -0.1) is 0 Å². The van der Waals surface area contributed by atoms with Crippen LogP contribution in [0.15, 0.2) is 42.6 Å². The van der Waals surface area contributed by atoms with Gasteiger partial charge < -0.3 is 10.6 Å². The van der Waals surface area contributed by atoms with Crippen LogP contribution in [0.3, 0.4) is 0 Å². The van der Waals surface area contributed by atoms with Crippen molar-refractivity contribution in [2.45, 2.75) is 20.0 Å². The summed E-state index contributed by atoms with van der Waals surface area (Å²) in [5.41, 5.74) is 0.155. The Morgan fingerprint density at radius 2 is 1.92 bits per heavy atom. The molecule has 0 aliphatic carbocycles. The number of pyridine rings is 1. The lowest BCUT2D eigenvalue weighted by Crippen LogP contribution is -2.15. The van der Waals surface area contributed by atoms with Gasteiger partial charge in [0, 0.05) is 12.2 Å². The van der Waals surface area contributed by atoms with E-state index in [2.05, 4.69) is 29.5 Å². The predicted molar refractivity (Wildman–Crippen MR) is 87.0 cm³/mol. The number of amides is 1. The molecule has 0 aliphatic rings. The van der Waals surface area contributed by atoms with Crippen LogP contribution in [0.4, 0.5) is 24.5 Å². The first-order valence-corrected chi connectivity index (χ1v) is 7.44. The van der Waals surface area contributed by atoms with Gasteiger partial charge in [-0.25, -0.2) is 4.98 Å². The molecular formula is C17H18F3N3O. The molecule has 2 N–H and O–H groups in total. The Labute approximate surface area is 138 Å². The molecule has 1 aromatic carbocycles. The highest BCUT2D eigenvalue weighted by molar-refractivity contribution is 6.03. The normalized spacial score (nSPS) is 11.4. The summed E-state index contributed by atoms with van der Waals surface area (Å²) in [5, 5.41) is 5.58. The van der Waals surface area contributed by atoms with E-state index in [9.17, 15) is 18.0 Å². The van der Waals surface area contributed by atoms with Crippen molar-refractivity contribution in [3.8, 4) is 0 Å². The van der Waals surface area contributed by atoms with Gasteiger partial charge in [0.1, 0.15) is 5.69 Å². The number of nitrogens with zero attached hydrogens (tertiary/aromatic N) is 1. The maximum absolute atomic E-state index is 12.7. The summed E-state index contributed by atoms with van der Waals surface area (Å²) in [5.74, 6) is -0.0985. The predicted octanol–water partition coefficient (Wildman–Crippen LogP) is 4.42. The molecule has 1 heterocycles. The number of carbonyl (C=O) groups is 1. The van der Waals surface area contributed by atoms with Crippen molar-refractivity contribution in [3.05, 3.63) is 53.9 Å². The smallest absolute Gasteiger partial charge is 0.384 e. The molecule has 0 fully saturated rings. The van der Waals surface area contributed by atoms with Gasteiger partial charge in [-0.3, -0.25) is 4.79 Å². The van der Waals surface area contributed by atoms with E-state index in [1.165, 1.54) is 24.4 Å². The molecule has 4 nitrogen and oxygen atoms in total. The average molecular weight is 337 g/mol. The lowest BCUT2D eigenvalue weighted by atomic mass is 10.2. The zero-order valence-electron chi connectivity index (χ0n) is 13.3. The quantitative estimate of drug-likeness (QED) is 0.849. The third-order valence-corrected chi connectivity index (χ3v) is 3.16. The summed E-state index contributed by atoms with van der Waals surface area (Å²) in [6, 6.07) is 7.69. The average Bonchev–Trinajstić information content (AvgIpc) is 2.53. The van der Waals surface area contributed by atoms with Crippen molar-refractivity contribution >= 4 is 17.3 Å². The van der Waals surface area contributed by atoms with E-state index in [1.54, 1.807) is 6.07 Å². The number of anilines is 2. The summed E-state index contributed by atoms with van der Waals surface area (Å²) < 4.78 is 38.0. The summed E-state index contributed by atoms with van der Waals surface area (Å²) >= 11 is 0. The van der Waals surface area contributed by atoms with E-state index in [1.807, 2.05) is 0 Å². The number of rotatable bonds is 5. The molecule has 0 aliphatic heterocycles. The van der Waals surface area contributed by atoms with Crippen LogP contribution in [0.5, 0.6) is 0 Å². The van der Waals surface area contributed by atoms with Gasteiger partial charge in [0.25, 0.3) is 5.91 Å². The van der Waals surface area contributed by atoms with E-state index in [4.69, 9.17) is 0 Å². The van der Waals surface area contributed by atoms with Gasteiger partial charge in [0.15, 0.2) is 0 Å². The van der Waals surface area contributed by atoms with E-state index < -0.39 is 17.6 Å². The summed E-state index contributed by atoms with van der Waals surface area (Å²) in [6.07, 6.45) is -2.94. The molecule has 0 radical (unpaired) electrons. The first-order chi connectivity index (χ1) is 11.3. The van der Waals surface area contributed by atoms with E-state index in [-0.39, 0.29) is 11.4 Å². The zero-order chi connectivity index (χ0) is 17.7. The third-order valence-electron chi connectivity index (χ3n) is 3.16. The Balaban J connectivity index is 2.05. The fraction of sp³-hybridized carbons (Fsp3) is 0.294. The largest absolute Gasteiger partial charge is 0.416 e. The van der Waals surface area contributed by atoms with Gasteiger partial charge in [-0.2, -0.15) is 13.2 Å². The van der Waals surface area contributed by atoms with Crippen LogP contribution in [0.25, 0.3) is 0 Å². The molecule has 0 bridgehead atoms. The molecule has 1 aromatic heterocycles. The van der Waals surface area contributed by atoms with Gasteiger partial charge in [-0.05, 0) is 36.2 Å². The molecular weight excluding hydrogens is 319 g/mol. The number of aromatic nitrogens is 1. The molecule has 128 valence electrons. The van der Waals surface area contributed by atoms with E-state index >= 15 is 0 Å². The molecule has 7 heteroatoms. The van der Waals surface area contributed by atoms with Crippen LogP contribution < -0.4 is 10.6 Å². The maximum atomic E-state index is 12.7. The molecule has 0 unspecified atom stereocenters. The van der Waals surface area contributed by atoms with Gasteiger partial charge in [0.05, 0.1) is 17.4 Å². The number of hydrogen-bond donors (Lipinski definition) is 2. The lowest BCUT2D eigenvalue weighted by Gasteiger charge is -2.10. The van der Waals surface area contributed by atoms with Crippen LogP contribution >= 0.6 is 0 Å². The Bertz CT molecular complexity index is 697. The minimum Gasteiger partial charge on any atom is -0.384 e. The Kier molecular flexibility index (Phi) is 5.43. The number of hydrogen-bond acceptors (Lipinski definition) is 3. The molecule has 2 rings (SSSR count). The second kappa shape index (κ2) is 7.33. The standard InChI is InChI=1S/C17H18F3N3O/c1-11(2)9-21-14-6-7-15(22-10-14)16(24)23-13-5-3-4-12(8-13)17(18,19)20/h3-8,10-11,21H,9H2,1-2H3,(H,23,24). The minimum atomic E-state index is -4.46. The first kappa shape index (κ1) is 17.8. The molecule has 0 saturated heterocycles. The van der Waals surface area contributed by atoms with Crippen molar-refractivity contribution < 1.29 is 18.0 Å². The highest BCUT2D eigenvalue weighted by Crippen LogP contribution is 2.30. The first-order valence-electron chi connectivity index (χ1n) is 7.44. The van der Waals surface area contributed by atoms with Crippen molar-refractivity contribution in [2.24, 2.45) is 5.92 Å². The zero-order valence-corrected chi connectivity index (χ0v) is 13.3. The summed E-state index contributed by atoms with van der Waals surface area (Å²) in [4.78, 5) is 16.1. The highest BCUT2D eigenvalue weighted by atomic mass is 19.4. The van der Waals surface area contributed by atoms with Gasteiger partial charge in [-0.1, -0.05) is 19.9 Å². The number of alkyl halides is 3. The number of benzene rings is 1. The van der Waals surface area contributed by atoms with Crippen LogP contribution in [0.2, 0.25) is 0 Å². The fourth-order valence-corrected chi connectivity index (χ4v) is 1.92. The van der Waals surface area contributed by atoms with Crippen LogP contribution in [-0.2, 0) is 6.18 Å². The number of nitrogens with one attached hydrogen (secondary N) is 2. The van der Waals surface area contributed by atoms with Crippen molar-refractivity contribution in [1.82, 2.24) is 4.98 Å². The van der Waals surface area contributed by atoms with Crippen molar-refractivity contribution in [3.63, 3.8) is 0 Å². The van der Waals surface area contributed by atoms with Crippen molar-refractivity contribution in [1.29, 1.82) is 0 Å². The topological polar surface area (TPSA) is 54.0 Å². The molecule has 2 aromatic rings. The molecule has 0 spiro atoms. The molecule has 0 atom stereocenters. The SMILES string of the molecule is CC(C)CNc1ccc(C(=O)Nc2cccc(C(F)(F)F)c2)nc1. The fourth-order valence-electron chi connectivity index (χ4n) is 1.92. The van der Waals surface area contributed by atoms with E-state index in [0.717, 1.165) is 24.4 Å². The Hall–Kier alpha value is -2.57. The van der Waals surface area contributed by atoms with E-state index in [0.29, 0.717) is 5.92 Å². The van der Waals surface area contributed by atoms with Crippen LogP contribution in [0, 0.1) is 5.92 Å². The third kappa shape index (κ3) is 4.97. The second-order valence-corrected chi connectivity index (χ2v) is 5.74. The lowest BCUT2D eigenvalue weighted by molar-refractivity contribution is -0.137. The summed E-state index contributed by atoms with van der Waals surface area (Å²) in [6.45, 7) is 4.91. The van der Waals surface area contributed by atoms with Crippen LogP contribution in [0.1, 0.15) is 29.9 Å². The highest BCUT2D eigenvalue weighted by Gasteiger charge is 2.30. The number of carbonyl (C=O) groups excluding carboxylic acids is 1. The molecule has 1 amide bonds. The second-order valence-electron chi connectivity index (χ2n) is 5.74. The van der Waals surface area contributed by atoms with Crippen LogP contribution in [-0.4, -0.2) is 17.4 Å².